The predicted molar refractivity (Wildman–Crippen MR) is 131 cm³/mol. The van der Waals surface area contributed by atoms with Crippen LogP contribution in [-0.4, -0.2) is 55.8 Å². The van der Waals surface area contributed by atoms with E-state index in [9.17, 15) is 4.79 Å². The summed E-state index contributed by atoms with van der Waals surface area (Å²) in [4.78, 5) is 18.2. The first-order valence-corrected chi connectivity index (χ1v) is 11.1. The van der Waals surface area contributed by atoms with Crippen molar-refractivity contribution in [2.24, 2.45) is 0 Å². The minimum atomic E-state index is -0.519. The molecule has 2 aromatic carbocycles. The topological polar surface area (TPSA) is 124 Å². The zero-order valence-corrected chi connectivity index (χ0v) is 20.8. The molecule has 36 heavy (non-hydrogen) atoms. The van der Waals surface area contributed by atoms with E-state index < -0.39 is 5.97 Å². The molecule has 0 amide bonds. The van der Waals surface area contributed by atoms with Crippen LogP contribution >= 0.6 is 0 Å². The number of hydrogen-bond acceptors (Lipinski definition) is 9. The summed E-state index contributed by atoms with van der Waals surface area (Å²) >= 11 is 0. The summed E-state index contributed by atoms with van der Waals surface area (Å²) < 4.78 is 30.4. The molecule has 0 radical (unpaired) electrons. The molecule has 2 heterocycles. The summed E-state index contributed by atoms with van der Waals surface area (Å²) in [6.45, 7) is 2.11. The molecule has 0 saturated heterocycles. The molecule has 4 aromatic rings. The smallest absolute Gasteiger partial charge is 0.340 e. The van der Waals surface area contributed by atoms with Crippen LogP contribution < -0.4 is 29.5 Å². The molecule has 0 saturated carbocycles. The molecule has 0 aliphatic heterocycles. The van der Waals surface area contributed by atoms with Crippen molar-refractivity contribution in [2.45, 2.75) is 13.5 Å². The van der Waals surface area contributed by atoms with Gasteiger partial charge in [-0.05, 0) is 35.8 Å². The number of methoxy groups -OCH3 is 4. The summed E-state index contributed by atoms with van der Waals surface area (Å²) in [5, 5.41) is 4.90. The third-order valence-electron chi connectivity index (χ3n) is 5.63. The highest BCUT2D eigenvalue weighted by molar-refractivity contribution is 6.08. The zero-order chi connectivity index (χ0) is 25.8. The molecule has 0 unspecified atom stereocenters. The number of nitrogen functional groups attached to an aromatic ring is 1. The highest BCUT2D eigenvalue weighted by atomic mass is 16.5. The van der Waals surface area contributed by atoms with Crippen molar-refractivity contribution in [3.63, 3.8) is 0 Å². The molecular formula is C25H28N5O6+. The molecule has 0 aliphatic rings. The highest BCUT2D eigenvalue weighted by Gasteiger charge is 2.27. The lowest BCUT2D eigenvalue weighted by atomic mass is 9.93. The van der Waals surface area contributed by atoms with Gasteiger partial charge in [-0.2, -0.15) is 0 Å². The number of aromatic nitrogens is 4. The number of rotatable bonds is 9. The van der Waals surface area contributed by atoms with Gasteiger partial charge in [-0.25, -0.2) is 9.78 Å². The standard InChI is InChI=1S/C25H28N5O6/c1-6-36-25(31)24-18(12-30-14-29(26)13-27-30)28-17-11-22(35-5)21(34-4)10-16(17)23(24)15-7-8-19(32-2)20(9-15)33-3/h7-11,13-14H,6,12,26H2,1-5H3/q+1. The first kappa shape index (κ1) is 24.6. The number of hydrogen-bond donors (Lipinski definition) is 1. The van der Waals surface area contributed by atoms with Crippen molar-refractivity contribution in [3.8, 4) is 34.1 Å². The maximum Gasteiger partial charge on any atom is 0.340 e. The Hall–Kier alpha value is -4.54. The van der Waals surface area contributed by atoms with Crippen LogP contribution in [0, 0.1) is 0 Å². The Kier molecular flexibility index (Phi) is 7.09. The Balaban J connectivity index is 2.11. The van der Waals surface area contributed by atoms with Gasteiger partial charge in [-0.3, -0.25) is 5.84 Å². The number of pyridine rings is 1. The quantitative estimate of drug-likeness (QED) is 0.212. The van der Waals surface area contributed by atoms with Crippen LogP contribution in [0.5, 0.6) is 23.0 Å². The Morgan fingerprint density at radius 1 is 0.972 bits per heavy atom. The van der Waals surface area contributed by atoms with Gasteiger partial charge in [0.05, 0.1) is 46.1 Å². The van der Waals surface area contributed by atoms with Crippen LogP contribution in [-0.2, 0) is 11.3 Å². The van der Waals surface area contributed by atoms with E-state index in [0.717, 1.165) is 0 Å². The van der Waals surface area contributed by atoms with E-state index in [4.69, 9.17) is 34.5 Å². The molecule has 11 heteroatoms. The van der Waals surface area contributed by atoms with Crippen LogP contribution in [0.4, 0.5) is 0 Å². The van der Waals surface area contributed by atoms with Gasteiger partial charge in [0.2, 0.25) is 6.33 Å². The van der Waals surface area contributed by atoms with Crippen molar-refractivity contribution >= 4 is 16.9 Å². The molecule has 0 spiro atoms. The van der Waals surface area contributed by atoms with Crippen LogP contribution in [0.2, 0.25) is 0 Å². The number of nitrogens with zero attached hydrogens (tertiary/aromatic N) is 4. The number of nitrogens with two attached hydrogens (primary N) is 1. The Bertz CT molecular complexity index is 1420. The van der Waals surface area contributed by atoms with Crippen LogP contribution in [0.1, 0.15) is 23.0 Å². The molecular weight excluding hydrogens is 466 g/mol. The fraction of sp³-hybridized carbons (Fsp3) is 0.280. The van der Waals surface area contributed by atoms with Crippen molar-refractivity contribution in [2.75, 3.05) is 40.9 Å². The molecule has 0 atom stereocenters. The van der Waals surface area contributed by atoms with Crippen LogP contribution in [0.15, 0.2) is 43.0 Å². The first-order valence-electron chi connectivity index (χ1n) is 11.1. The van der Waals surface area contributed by atoms with Crippen molar-refractivity contribution in [3.05, 3.63) is 54.2 Å². The molecule has 4 rings (SSSR count). The number of ether oxygens (including phenoxy) is 5. The second-order valence-corrected chi connectivity index (χ2v) is 7.71. The number of esters is 1. The van der Waals surface area contributed by atoms with Gasteiger partial charge in [0.1, 0.15) is 5.69 Å². The third-order valence-corrected chi connectivity index (χ3v) is 5.63. The highest BCUT2D eigenvalue weighted by Crippen LogP contribution is 2.41. The first-order chi connectivity index (χ1) is 17.4. The zero-order valence-electron chi connectivity index (χ0n) is 20.8. The van der Waals surface area contributed by atoms with E-state index in [1.54, 1.807) is 70.6 Å². The SMILES string of the molecule is CCOC(=O)c1c(C[n+]2cn(N)cn2)nc2cc(OC)c(OC)cc2c1-c1ccc(OC)c(OC)c1. The maximum absolute atomic E-state index is 13.4. The van der Waals surface area contributed by atoms with Gasteiger partial charge in [-0.1, -0.05) is 6.07 Å². The lowest BCUT2D eigenvalue weighted by molar-refractivity contribution is -0.744. The summed E-state index contributed by atoms with van der Waals surface area (Å²) in [6, 6.07) is 8.99. The van der Waals surface area contributed by atoms with Crippen molar-refractivity contribution < 1.29 is 33.2 Å². The van der Waals surface area contributed by atoms with Gasteiger partial charge in [0.15, 0.2) is 29.5 Å². The van der Waals surface area contributed by atoms with Gasteiger partial charge in [-0.15, -0.1) is 9.36 Å². The van der Waals surface area contributed by atoms with Crippen LogP contribution in [0.3, 0.4) is 0 Å². The van der Waals surface area contributed by atoms with E-state index in [1.807, 2.05) is 6.07 Å². The number of fused-ring (bicyclic) bond motifs is 1. The van der Waals surface area contributed by atoms with E-state index >= 15 is 0 Å². The minimum absolute atomic E-state index is 0.170. The van der Waals surface area contributed by atoms with E-state index in [1.165, 1.54) is 11.0 Å². The average Bonchev–Trinajstić information content (AvgIpc) is 3.30. The predicted octanol–water partition coefficient (Wildman–Crippen LogP) is 2.36. The Morgan fingerprint density at radius 3 is 2.25 bits per heavy atom. The van der Waals surface area contributed by atoms with E-state index in [2.05, 4.69) is 5.10 Å². The lowest BCUT2D eigenvalue weighted by Crippen LogP contribution is -2.37. The van der Waals surface area contributed by atoms with Gasteiger partial charge < -0.3 is 23.7 Å². The molecule has 0 aliphatic carbocycles. The summed E-state index contributed by atoms with van der Waals surface area (Å²) in [7, 11) is 6.22. The Morgan fingerprint density at radius 2 is 1.64 bits per heavy atom. The second-order valence-electron chi connectivity index (χ2n) is 7.71. The summed E-state index contributed by atoms with van der Waals surface area (Å²) in [6.07, 6.45) is 3.04. The Labute approximate surface area is 207 Å². The number of carbonyl (C=O) groups excluding carboxylic acids is 1. The van der Waals surface area contributed by atoms with Crippen molar-refractivity contribution in [1.29, 1.82) is 0 Å². The normalized spacial score (nSPS) is 10.8. The van der Waals surface area contributed by atoms with E-state index in [0.29, 0.717) is 56.3 Å². The second kappa shape index (κ2) is 10.4. The van der Waals surface area contributed by atoms with Gasteiger partial charge >= 0.3 is 5.97 Å². The summed E-state index contributed by atoms with van der Waals surface area (Å²) in [5.74, 6) is 7.33. The lowest BCUT2D eigenvalue weighted by Gasteiger charge is -2.18. The fourth-order valence-electron chi connectivity index (χ4n) is 4.04. The maximum atomic E-state index is 13.4. The number of benzene rings is 2. The van der Waals surface area contributed by atoms with Gasteiger partial charge in [0.25, 0.3) is 6.33 Å². The minimum Gasteiger partial charge on any atom is -0.493 e. The summed E-state index contributed by atoms with van der Waals surface area (Å²) in [5.41, 5.74) is 2.63. The molecule has 2 N–H and O–H groups in total. The third kappa shape index (κ3) is 4.54. The molecule has 11 nitrogen and oxygen atoms in total. The molecule has 2 aromatic heterocycles. The molecule has 0 fully saturated rings. The van der Waals surface area contributed by atoms with Crippen molar-refractivity contribution in [1.82, 2.24) is 14.8 Å². The van der Waals surface area contributed by atoms with Crippen LogP contribution in [0.25, 0.3) is 22.0 Å². The van der Waals surface area contributed by atoms with E-state index in [-0.39, 0.29) is 13.2 Å². The molecule has 0 bridgehead atoms. The number of carbonyl (C=O) groups is 1. The monoisotopic (exact) mass is 494 g/mol. The fourth-order valence-corrected chi connectivity index (χ4v) is 4.04. The average molecular weight is 495 g/mol. The largest absolute Gasteiger partial charge is 0.493 e. The molecule has 188 valence electrons. The van der Waals surface area contributed by atoms with Gasteiger partial charge in [0, 0.05) is 17.0 Å².